The van der Waals surface area contributed by atoms with Crippen LogP contribution in [0, 0.1) is 5.41 Å². The summed E-state index contributed by atoms with van der Waals surface area (Å²) in [6, 6.07) is 0. The summed E-state index contributed by atoms with van der Waals surface area (Å²) in [6.07, 6.45) is 4.05. The quantitative estimate of drug-likeness (QED) is 0.541. The number of carbonyl (C=O) groups is 1. The Hall–Kier alpha value is -0.910. The molecular weight excluding hydrogens is 234 g/mol. The van der Waals surface area contributed by atoms with Crippen LogP contribution in [0.15, 0.2) is 12.7 Å². The first kappa shape index (κ1) is 11.0. The average molecular weight is 251 g/mol. The van der Waals surface area contributed by atoms with Crippen LogP contribution in [0.1, 0.15) is 26.2 Å². The van der Waals surface area contributed by atoms with Gasteiger partial charge in [-0.05, 0) is 19.3 Å². The van der Waals surface area contributed by atoms with Gasteiger partial charge in [-0.2, -0.15) is 5.06 Å². The molecule has 4 atom stereocenters. The summed E-state index contributed by atoms with van der Waals surface area (Å²) in [5.74, 6) is -1.17. The highest BCUT2D eigenvalue weighted by Crippen LogP contribution is 2.68. The largest absolute Gasteiger partial charge is 0.431 e. The second kappa shape index (κ2) is 2.98. The summed E-state index contributed by atoms with van der Waals surface area (Å²) >= 11 is 0. The molecule has 0 radical (unpaired) electrons. The number of allylic oxidation sites excluding steroid dienone is 1. The van der Waals surface area contributed by atoms with E-state index in [4.69, 9.17) is 14.3 Å². The normalized spacial score (nSPS) is 53.4. The standard InChI is InChI=1S/C13H17NO4/c1-3-5-13-9-10(15)17-11(13,2)16-8-12(13)6-4-7-14(12)18-9/h3,9H,1,4-8H2,2H3/t9-,11+,12+,13-/m1/s1. The summed E-state index contributed by atoms with van der Waals surface area (Å²) in [4.78, 5) is 18.0. The summed E-state index contributed by atoms with van der Waals surface area (Å²) in [5.41, 5.74) is -0.651. The number of carbonyl (C=O) groups excluding carboxylic acids is 1. The van der Waals surface area contributed by atoms with E-state index in [9.17, 15) is 4.79 Å². The molecule has 0 aromatic rings. The Kier molecular flexibility index (Phi) is 1.81. The van der Waals surface area contributed by atoms with Gasteiger partial charge >= 0.3 is 5.97 Å². The minimum absolute atomic E-state index is 0.216. The Morgan fingerprint density at radius 1 is 1.61 bits per heavy atom. The zero-order chi connectivity index (χ0) is 12.6. The summed E-state index contributed by atoms with van der Waals surface area (Å²) in [5, 5.41) is 1.98. The first-order chi connectivity index (χ1) is 8.60. The number of ether oxygens (including phenoxy) is 2. The molecule has 98 valence electrons. The maximum atomic E-state index is 12.1. The van der Waals surface area contributed by atoms with Crippen molar-refractivity contribution in [2.75, 3.05) is 13.2 Å². The Morgan fingerprint density at radius 3 is 3.22 bits per heavy atom. The molecule has 18 heavy (non-hydrogen) atoms. The van der Waals surface area contributed by atoms with Crippen molar-refractivity contribution in [3.8, 4) is 0 Å². The van der Waals surface area contributed by atoms with Crippen molar-refractivity contribution in [2.45, 2.75) is 43.6 Å². The number of hydroxylamine groups is 2. The number of nitrogens with zero attached hydrogens (tertiary/aromatic N) is 1. The van der Waals surface area contributed by atoms with E-state index >= 15 is 0 Å². The summed E-state index contributed by atoms with van der Waals surface area (Å²) < 4.78 is 11.4. The minimum atomic E-state index is -0.873. The fourth-order valence-corrected chi connectivity index (χ4v) is 4.55. The zero-order valence-electron chi connectivity index (χ0n) is 10.5. The Balaban J connectivity index is 1.95. The molecule has 5 heteroatoms. The predicted octanol–water partition coefficient (Wildman–Crippen LogP) is 1.00. The van der Waals surface area contributed by atoms with Gasteiger partial charge in [-0.25, -0.2) is 4.79 Å². The highest BCUT2D eigenvalue weighted by atomic mass is 16.8. The lowest BCUT2D eigenvalue weighted by Crippen LogP contribution is -2.55. The number of hydrogen-bond acceptors (Lipinski definition) is 5. The van der Waals surface area contributed by atoms with E-state index in [2.05, 4.69) is 6.58 Å². The first-order valence-electron chi connectivity index (χ1n) is 6.52. The maximum absolute atomic E-state index is 12.1. The van der Waals surface area contributed by atoms with Gasteiger partial charge in [0, 0.05) is 13.5 Å². The van der Waals surface area contributed by atoms with Gasteiger partial charge in [0.25, 0.3) is 0 Å². The van der Waals surface area contributed by atoms with Gasteiger partial charge < -0.3 is 9.47 Å². The minimum Gasteiger partial charge on any atom is -0.431 e. The van der Waals surface area contributed by atoms with E-state index in [1.807, 2.05) is 18.1 Å². The molecular formula is C13H17NO4. The first-order valence-corrected chi connectivity index (χ1v) is 6.52. The third-order valence-corrected chi connectivity index (χ3v) is 5.31. The van der Waals surface area contributed by atoms with Crippen LogP contribution in [0.2, 0.25) is 0 Å². The Morgan fingerprint density at radius 2 is 2.44 bits per heavy atom. The van der Waals surface area contributed by atoms with Crippen LogP contribution >= 0.6 is 0 Å². The molecule has 1 spiro atoms. The van der Waals surface area contributed by atoms with Crippen molar-refractivity contribution in [1.29, 1.82) is 0 Å². The van der Waals surface area contributed by atoms with Gasteiger partial charge in [0.15, 0.2) is 6.10 Å². The molecule has 0 N–H and O–H groups in total. The van der Waals surface area contributed by atoms with E-state index in [0.29, 0.717) is 13.0 Å². The number of esters is 1. The fraction of sp³-hybridized carbons (Fsp3) is 0.769. The second-order valence-electron chi connectivity index (χ2n) is 5.84. The molecule has 0 aromatic heterocycles. The molecule has 0 amide bonds. The van der Waals surface area contributed by atoms with Crippen LogP contribution in [-0.4, -0.2) is 41.6 Å². The third kappa shape index (κ3) is 0.830. The highest BCUT2D eigenvalue weighted by molar-refractivity contribution is 5.80. The molecule has 0 unspecified atom stereocenters. The van der Waals surface area contributed by atoms with E-state index in [1.54, 1.807) is 0 Å². The van der Waals surface area contributed by atoms with Gasteiger partial charge in [0.05, 0.1) is 12.1 Å². The van der Waals surface area contributed by atoms with Gasteiger partial charge in [-0.3, -0.25) is 4.84 Å². The van der Waals surface area contributed by atoms with Crippen LogP contribution < -0.4 is 0 Å². The van der Waals surface area contributed by atoms with Crippen LogP contribution in [-0.2, 0) is 19.1 Å². The summed E-state index contributed by atoms with van der Waals surface area (Å²) in [6.45, 7) is 7.15. The van der Waals surface area contributed by atoms with E-state index in [-0.39, 0.29) is 11.5 Å². The van der Waals surface area contributed by atoms with Crippen molar-refractivity contribution < 1.29 is 19.1 Å². The molecule has 0 bridgehead atoms. The van der Waals surface area contributed by atoms with Crippen LogP contribution in [0.5, 0.6) is 0 Å². The van der Waals surface area contributed by atoms with Crippen molar-refractivity contribution in [3.63, 3.8) is 0 Å². The maximum Gasteiger partial charge on any atom is 0.340 e. The van der Waals surface area contributed by atoms with E-state index in [0.717, 1.165) is 19.4 Å². The molecule has 4 aliphatic rings. The second-order valence-corrected chi connectivity index (χ2v) is 5.84. The van der Waals surface area contributed by atoms with Crippen LogP contribution in [0.4, 0.5) is 0 Å². The van der Waals surface area contributed by atoms with Crippen molar-refractivity contribution >= 4 is 5.97 Å². The van der Waals surface area contributed by atoms with E-state index in [1.165, 1.54) is 0 Å². The fourth-order valence-electron chi connectivity index (χ4n) is 4.55. The molecule has 4 saturated heterocycles. The Bertz CT molecular complexity index is 452. The highest BCUT2D eigenvalue weighted by Gasteiger charge is 2.84. The third-order valence-electron chi connectivity index (χ3n) is 5.31. The Labute approximate surface area is 106 Å². The molecule has 4 aliphatic heterocycles. The zero-order valence-corrected chi connectivity index (χ0v) is 10.5. The smallest absolute Gasteiger partial charge is 0.340 e. The summed E-state index contributed by atoms with van der Waals surface area (Å²) in [7, 11) is 0. The van der Waals surface area contributed by atoms with Gasteiger partial charge in [-0.15, -0.1) is 6.58 Å². The molecule has 5 nitrogen and oxygen atoms in total. The van der Waals surface area contributed by atoms with E-state index < -0.39 is 17.3 Å². The van der Waals surface area contributed by atoms with Crippen LogP contribution in [0.3, 0.4) is 0 Å². The molecule has 4 heterocycles. The average Bonchev–Trinajstić information content (AvgIpc) is 2.94. The van der Waals surface area contributed by atoms with Gasteiger partial charge in [-0.1, -0.05) is 6.08 Å². The lowest BCUT2D eigenvalue weighted by Gasteiger charge is -2.39. The monoisotopic (exact) mass is 251 g/mol. The lowest BCUT2D eigenvalue weighted by molar-refractivity contribution is -0.208. The van der Waals surface area contributed by atoms with Crippen molar-refractivity contribution in [3.05, 3.63) is 12.7 Å². The predicted molar refractivity (Wildman–Crippen MR) is 61.2 cm³/mol. The van der Waals surface area contributed by atoms with Gasteiger partial charge in [0.1, 0.15) is 5.41 Å². The molecule has 0 aliphatic carbocycles. The number of hydrogen-bond donors (Lipinski definition) is 0. The lowest BCUT2D eigenvalue weighted by atomic mass is 9.62. The molecule has 4 fully saturated rings. The van der Waals surface area contributed by atoms with Crippen molar-refractivity contribution in [1.82, 2.24) is 5.06 Å². The number of rotatable bonds is 2. The van der Waals surface area contributed by atoms with Gasteiger partial charge in [0.2, 0.25) is 5.79 Å². The topological polar surface area (TPSA) is 48.0 Å². The molecule has 0 saturated carbocycles. The van der Waals surface area contributed by atoms with Crippen molar-refractivity contribution in [2.24, 2.45) is 5.41 Å². The molecule has 4 rings (SSSR count). The molecule has 0 aromatic carbocycles. The van der Waals surface area contributed by atoms with Crippen LogP contribution in [0.25, 0.3) is 0 Å². The SMILES string of the molecule is C=CC[C@]12[C@@H]3ON4CCC[C@@]41CO[C@@]2(C)OC3=O.